The van der Waals surface area contributed by atoms with E-state index in [1.807, 2.05) is 18.2 Å². The highest BCUT2D eigenvalue weighted by Gasteiger charge is 2.33. The van der Waals surface area contributed by atoms with Gasteiger partial charge in [-0.25, -0.2) is 4.79 Å². The number of carbonyl (C=O) groups is 2. The number of allylic oxidation sites excluding steroid dienone is 4. The van der Waals surface area contributed by atoms with Crippen LogP contribution in [-0.2, 0) is 33.3 Å². The average Bonchev–Trinajstić information content (AvgIpc) is 2.92. The summed E-state index contributed by atoms with van der Waals surface area (Å²) in [5.74, 6) is -0.299. The van der Waals surface area contributed by atoms with Crippen molar-refractivity contribution in [1.29, 1.82) is 0 Å². The summed E-state index contributed by atoms with van der Waals surface area (Å²) in [4.78, 5) is 25.2. The molecule has 2 fully saturated rings. The average molecular weight is 559 g/mol. The van der Waals surface area contributed by atoms with Crippen LogP contribution in [0.15, 0.2) is 48.1 Å². The van der Waals surface area contributed by atoms with Gasteiger partial charge in [0.25, 0.3) is 0 Å². The van der Waals surface area contributed by atoms with Crippen LogP contribution in [0.5, 0.6) is 0 Å². The molecule has 0 spiro atoms. The monoisotopic (exact) mass is 558 g/mol. The maximum atomic E-state index is 13.2. The fourth-order valence-corrected chi connectivity index (χ4v) is 5.79. The summed E-state index contributed by atoms with van der Waals surface area (Å²) in [7, 11) is 3.10. The van der Waals surface area contributed by atoms with Crippen LogP contribution >= 0.6 is 0 Å². The number of fused-ring (bicyclic) bond motifs is 4. The van der Waals surface area contributed by atoms with Gasteiger partial charge in [-0.2, -0.15) is 0 Å². The number of hydrogen-bond acceptors (Lipinski definition) is 7. The molecule has 0 unspecified atom stereocenters. The van der Waals surface area contributed by atoms with E-state index in [1.54, 1.807) is 13.2 Å². The van der Waals surface area contributed by atoms with Gasteiger partial charge in [0.2, 0.25) is 0 Å². The van der Waals surface area contributed by atoms with Crippen molar-refractivity contribution in [2.75, 3.05) is 20.8 Å². The molecule has 0 aromatic heterocycles. The van der Waals surface area contributed by atoms with Crippen LogP contribution < -0.4 is 0 Å². The van der Waals surface area contributed by atoms with Crippen LogP contribution in [0.25, 0.3) is 0 Å². The Kier molecular flexibility index (Phi) is 14.2. The summed E-state index contributed by atoms with van der Waals surface area (Å²) in [5.41, 5.74) is 0.950. The van der Waals surface area contributed by atoms with Crippen molar-refractivity contribution < 1.29 is 33.3 Å². The first-order chi connectivity index (χ1) is 19.4. The largest absolute Gasteiger partial charge is 0.466 e. The number of ether oxygens (including phenoxy) is 5. The van der Waals surface area contributed by atoms with Crippen molar-refractivity contribution in [2.24, 2.45) is 11.8 Å². The SMILES string of the molecule is COCCCC/C=C\C=C\[C@@H]1OC(=O)C[C@@H]2C/C(=C\C(=O)OC)C[C@H](C[C@@H]3CCC[C@H](C[C@@H](C)/C=C\[C@@H]1C)O3)O2. The molecule has 3 aliphatic rings. The van der Waals surface area contributed by atoms with Crippen LogP contribution in [-0.4, -0.2) is 63.3 Å². The molecular weight excluding hydrogens is 508 g/mol. The maximum Gasteiger partial charge on any atom is 0.330 e. The first-order valence-corrected chi connectivity index (χ1v) is 15.1. The quantitative estimate of drug-likeness (QED) is 0.112. The predicted octanol–water partition coefficient (Wildman–Crippen LogP) is 6.42. The molecule has 2 saturated heterocycles. The fraction of sp³-hybridized carbons (Fsp3) is 0.697. The second-order valence-electron chi connectivity index (χ2n) is 11.6. The summed E-state index contributed by atoms with van der Waals surface area (Å²) >= 11 is 0. The first kappa shape index (κ1) is 32.3. The van der Waals surface area contributed by atoms with Crippen molar-refractivity contribution in [1.82, 2.24) is 0 Å². The lowest BCUT2D eigenvalue weighted by Gasteiger charge is -2.37. The highest BCUT2D eigenvalue weighted by atomic mass is 16.6. The molecule has 0 saturated carbocycles. The zero-order valence-electron chi connectivity index (χ0n) is 24.9. The molecule has 7 atom stereocenters. The van der Waals surface area contributed by atoms with Gasteiger partial charge in [0.1, 0.15) is 6.10 Å². The standard InChI is InChI=1S/C33H50O7/c1-24-15-16-25(2)31(14-9-7-5-6-8-10-17-36-3)40-33(35)23-30-20-26(21-32(34)37-4)19-29(39-30)22-28-13-11-12-27(18-24)38-28/h5,7,9,14-16,21,24-25,27-31H,6,8,10-13,17-20,22-23H2,1-4H3/b7-5-,14-9+,16-15-,26-21-/t24-,25-,27+,28-,29+,30-,31-/m0/s1. The number of carbonyl (C=O) groups excluding carboxylic acids is 2. The summed E-state index contributed by atoms with van der Waals surface area (Å²) in [6.07, 6.45) is 22.9. The number of rotatable bonds is 8. The van der Waals surface area contributed by atoms with Crippen molar-refractivity contribution in [2.45, 2.75) is 115 Å². The van der Waals surface area contributed by atoms with E-state index < -0.39 is 0 Å². The Bertz CT molecular complexity index is 904. The van der Waals surface area contributed by atoms with Gasteiger partial charge in [0.05, 0.1) is 37.9 Å². The molecule has 7 nitrogen and oxygen atoms in total. The van der Waals surface area contributed by atoms with Crippen molar-refractivity contribution in [3.05, 3.63) is 48.1 Å². The van der Waals surface area contributed by atoms with Gasteiger partial charge in [-0.1, -0.05) is 49.8 Å². The Hall–Kier alpha value is -2.22. The molecule has 40 heavy (non-hydrogen) atoms. The summed E-state index contributed by atoms with van der Waals surface area (Å²) in [6.45, 7) is 5.09. The molecule has 0 aliphatic carbocycles. The Morgan fingerprint density at radius 2 is 1.70 bits per heavy atom. The predicted molar refractivity (Wildman–Crippen MR) is 156 cm³/mol. The number of methoxy groups -OCH3 is 2. The van der Waals surface area contributed by atoms with E-state index in [-0.39, 0.29) is 54.8 Å². The van der Waals surface area contributed by atoms with Crippen molar-refractivity contribution >= 4 is 11.9 Å². The minimum Gasteiger partial charge on any atom is -0.466 e. The third-order valence-electron chi connectivity index (χ3n) is 7.93. The summed E-state index contributed by atoms with van der Waals surface area (Å²) < 4.78 is 28.9. The van der Waals surface area contributed by atoms with E-state index >= 15 is 0 Å². The Morgan fingerprint density at radius 1 is 0.950 bits per heavy atom. The van der Waals surface area contributed by atoms with Gasteiger partial charge in [-0.15, -0.1) is 0 Å². The minimum atomic E-state index is -0.387. The number of esters is 2. The third-order valence-corrected chi connectivity index (χ3v) is 7.93. The summed E-state index contributed by atoms with van der Waals surface area (Å²) in [6, 6.07) is 0. The van der Waals surface area contributed by atoms with E-state index in [0.717, 1.165) is 63.5 Å². The van der Waals surface area contributed by atoms with Gasteiger partial charge in [0, 0.05) is 32.1 Å². The minimum absolute atomic E-state index is 0.0143. The van der Waals surface area contributed by atoms with Crippen LogP contribution in [0.1, 0.15) is 84.5 Å². The lowest BCUT2D eigenvalue weighted by atomic mass is 9.89. The molecule has 224 valence electrons. The number of unbranched alkanes of at least 4 members (excludes halogenated alkanes) is 2. The van der Waals surface area contributed by atoms with Gasteiger partial charge in [0.15, 0.2) is 0 Å². The lowest BCUT2D eigenvalue weighted by Crippen LogP contribution is -2.37. The zero-order valence-corrected chi connectivity index (χ0v) is 24.9. The van der Waals surface area contributed by atoms with E-state index in [2.05, 4.69) is 32.1 Å². The fourth-order valence-electron chi connectivity index (χ4n) is 5.79. The molecule has 0 aromatic carbocycles. The first-order valence-electron chi connectivity index (χ1n) is 15.1. The van der Waals surface area contributed by atoms with Gasteiger partial charge in [-0.3, -0.25) is 4.79 Å². The third kappa shape index (κ3) is 11.7. The molecule has 4 bridgehead atoms. The van der Waals surface area contributed by atoms with E-state index in [1.165, 1.54) is 7.11 Å². The summed E-state index contributed by atoms with van der Waals surface area (Å²) in [5, 5.41) is 0. The second kappa shape index (κ2) is 17.6. The van der Waals surface area contributed by atoms with Gasteiger partial charge < -0.3 is 23.7 Å². The van der Waals surface area contributed by atoms with E-state index in [4.69, 9.17) is 23.7 Å². The Morgan fingerprint density at radius 3 is 2.48 bits per heavy atom. The topological polar surface area (TPSA) is 80.3 Å². The normalized spacial score (nSPS) is 34.1. The van der Waals surface area contributed by atoms with Crippen LogP contribution in [0.4, 0.5) is 0 Å². The van der Waals surface area contributed by atoms with E-state index in [0.29, 0.717) is 18.8 Å². The Labute approximate surface area is 241 Å². The highest BCUT2D eigenvalue weighted by molar-refractivity contribution is 5.82. The molecule has 0 radical (unpaired) electrons. The molecule has 7 heteroatoms. The van der Waals surface area contributed by atoms with Crippen molar-refractivity contribution in [3.8, 4) is 0 Å². The van der Waals surface area contributed by atoms with Gasteiger partial charge >= 0.3 is 11.9 Å². The molecule has 3 rings (SSSR count). The number of hydrogen-bond donors (Lipinski definition) is 0. The second-order valence-corrected chi connectivity index (χ2v) is 11.6. The molecule has 0 aromatic rings. The zero-order chi connectivity index (χ0) is 28.7. The van der Waals surface area contributed by atoms with Crippen molar-refractivity contribution in [3.63, 3.8) is 0 Å². The number of cyclic esters (lactones) is 1. The molecule has 0 amide bonds. The lowest BCUT2D eigenvalue weighted by molar-refractivity contribution is -0.154. The molecule has 3 aliphatic heterocycles. The van der Waals surface area contributed by atoms with E-state index in [9.17, 15) is 9.59 Å². The van der Waals surface area contributed by atoms with Crippen LogP contribution in [0, 0.1) is 11.8 Å². The molecule has 0 N–H and O–H groups in total. The maximum absolute atomic E-state index is 13.2. The smallest absolute Gasteiger partial charge is 0.330 e. The van der Waals surface area contributed by atoms with Gasteiger partial charge in [-0.05, 0) is 69.8 Å². The van der Waals surface area contributed by atoms with Crippen LogP contribution in [0.2, 0.25) is 0 Å². The molecule has 3 heterocycles. The van der Waals surface area contributed by atoms with Crippen LogP contribution in [0.3, 0.4) is 0 Å². The Balaban J connectivity index is 1.76. The molecular formula is C33H50O7. The highest BCUT2D eigenvalue weighted by Crippen LogP contribution is 2.33.